The van der Waals surface area contributed by atoms with Crippen LogP contribution in [0.25, 0.3) is 0 Å². The minimum absolute atomic E-state index is 0.307. The number of carbonyl (C=O) groups is 1. The van der Waals surface area contributed by atoms with E-state index in [0.717, 1.165) is 10.5 Å². The van der Waals surface area contributed by atoms with Crippen LogP contribution >= 0.6 is 11.8 Å². The van der Waals surface area contributed by atoms with Gasteiger partial charge in [0.15, 0.2) is 0 Å². The van der Waals surface area contributed by atoms with E-state index in [-0.39, 0.29) is 11.2 Å². The Morgan fingerprint density at radius 2 is 1.77 bits per heavy atom. The fourth-order valence-corrected chi connectivity index (χ4v) is 2.58. The Morgan fingerprint density at radius 3 is 2.41 bits per heavy atom. The van der Waals surface area contributed by atoms with Crippen LogP contribution in [0.3, 0.4) is 0 Å². The van der Waals surface area contributed by atoms with Gasteiger partial charge in [-0.1, -0.05) is 41.1 Å². The molecule has 0 aromatic heterocycles. The molecule has 2 aromatic carbocycles. The smallest absolute Gasteiger partial charge is 0.284 e. The lowest BCUT2D eigenvalue weighted by Crippen LogP contribution is -2.76. The van der Waals surface area contributed by atoms with E-state index in [2.05, 4.69) is 5.16 Å². The predicted octanol–water partition coefficient (Wildman–Crippen LogP) is 1.42. The lowest BCUT2D eigenvalue weighted by molar-refractivity contribution is -0.723. The fraction of sp³-hybridized carbons (Fsp3) is 0.176. The van der Waals surface area contributed by atoms with Crippen LogP contribution in [0.4, 0.5) is 0 Å². The second-order valence-corrected chi connectivity index (χ2v) is 6.29. The molecule has 0 aliphatic rings. The summed E-state index contributed by atoms with van der Waals surface area (Å²) in [6, 6.07) is 17.3. The van der Waals surface area contributed by atoms with Crippen LogP contribution in [0.5, 0.6) is 0 Å². The first-order valence-electron chi connectivity index (χ1n) is 6.94. The zero-order chi connectivity index (χ0) is 15.9. The number of nitrogens with one attached hydrogen (secondary N) is 1. The van der Waals surface area contributed by atoms with E-state index in [9.17, 15) is 4.79 Å². The zero-order valence-corrected chi connectivity index (χ0v) is 13.4. The maximum absolute atomic E-state index is 12.0. The lowest BCUT2D eigenvalue weighted by Gasteiger charge is -2.07. The van der Waals surface area contributed by atoms with E-state index in [1.54, 1.807) is 6.92 Å². The number of hydrogen-bond donors (Lipinski definition) is 2. The van der Waals surface area contributed by atoms with Crippen LogP contribution in [-0.2, 0) is 9.63 Å². The fourth-order valence-electron chi connectivity index (χ4n) is 1.73. The first kappa shape index (κ1) is 16.1. The monoisotopic (exact) mass is 315 g/mol. The van der Waals surface area contributed by atoms with Gasteiger partial charge < -0.3 is 0 Å². The molecule has 0 saturated carbocycles. The quantitative estimate of drug-likeness (QED) is 0.288. The molecular weight excluding hydrogens is 296 g/mol. The van der Waals surface area contributed by atoms with Gasteiger partial charge in [-0.05, 0) is 38.1 Å². The molecule has 0 bridgehead atoms. The first-order valence-corrected chi connectivity index (χ1v) is 7.82. The molecule has 1 unspecified atom stereocenters. The van der Waals surface area contributed by atoms with Gasteiger partial charge in [-0.25, -0.2) is 4.79 Å². The summed E-state index contributed by atoms with van der Waals surface area (Å²) in [7, 11) is 0. The van der Waals surface area contributed by atoms with Crippen molar-refractivity contribution >= 4 is 23.6 Å². The van der Waals surface area contributed by atoms with E-state index in [1.165, 1.54) is 17.3 Å². The van der Waals surface area contributed by atoms with Crippen LogP contribution in [0.15, 0.2) is 59.5 Å². The Bertz CT molecular complexity index is 654. The number of benzene rings is 2. The Balaban J connectivity index is 1.92. The first-order chi connectivity index (χ1) is 10.6. The summed E-state index contributed by atoms with van der Waals surface area (Å²) in [6.07, 6.45) is 0. The maximum atomic E-state index is 12.0. The number of aryl methyl sites for hydroxylation is 1. The van der Waals surface area contributed by atoms with Crippen molar-refractivity contribution in [1.82, 2.24) is 0 Å². The van der Waals surface area contributed by atoms with Gasteiger partial charge in [-0.2, -0.15) is 0 Å². The van der Waals surface area contributed by atoms with Crippen molar-refractivity contribution in [2.24, 2.45) is 5.73 Å². The summed E-state index contributed by atoms with van der Waals surface area (Å²) in [4.78, 5) is 18.0. The number of carbonyl (C=O) groups excluding carboxylic acids is 1. The lowest BCUT2D eigenvalue weighted by atomic mass is 10.2. The SMILES string of the molecule is Cc1ccc(SC(C)C(=O)O[NH+]=C(N)c2ccccc2)cc1. The van der Waals surface area contributed by atoms with Crippen molar-refractivity contribution in [3.05, 3.63) is 65.7 Å². The van der Waals surface area contributed by atoms with Gasteiger partial charge in [0.1, 0.15) is 5.25 Å². The molecule has 3 N–H and O–H groups in total. The summed E-state index contributed by atoms with van der Waals surface area (Å²) < 4.78 is 0. The molecule has 0 aliphatic carbocycles. The molecule has 2 aromatic rings. The molecule has 5 heteroatoms. The molecule has 0 amide bonds. The average Bonchev–Trinajstić information content (AvgIpc) is 2.55. The van der Waals surface area contributed by atoms with Crippen molar-refractivity contribution < 1.29 is 14.8 Å². The standard InChI is InChI=1S/C17H18N2O2S/c1-12-8-10-15(11-9-12)22-13(2)17(20)21-19-16(18)14-6-4-3-5-7-14/h3-11,13H,1-2H3,(H2,18,19)/p+1. The molecule has 0 saturated heterocycles. The third-order valence-electron chi connectivity index (χ3n) is 3.01. The van der Waals surface area contributed by atoms with Crippen LogP contribution < -0.4 is 10.9 Å². The van der Waals surface area contributed by atoms with Gasteiger partial charge >= 0.3 is 11.8 Å². The highest BCUT2D eigenvalue weighted by molar-refractivity contribution is 8.00. The Kier molecular flexibility index (Phi) is 5.61. The molecule has 0 spiro atoms. The van der Waals surface area contributed by atoms with Gasteiger partial charge in [0, 0.05) is 4.90 Å². The second-order valence-electron chi connectivity index (χ2n) is 4.88. The normalized spacial score (nSPS) is 12.7. The van der Waals surface area contributed by atoms with E-state index < -0.39 is 0 Å². The van der Waals surface area contributed by atoms with E-state index in [4.69, 9.17) is 10.6 Å². The molecule has 1 atom stereocenters. The minimum Gasteiger partial charge on any atom is -0.284 e. The summed E-state index contributed by atoms with van der Waals surface area (Å²) in [6.45, 7) is 3.82. The third kappa shape index (κ3) is 4.63. The Hall–Kier alpha value is -2.27. The molecule has 22 heavy (non-hydrogen) atoms. The Morgan fingerprint density at radius 1 is 1.14 bits per heavy atom. The highest BCUT2D eigenvalue weighted by Gasteiger charge is 2.18. The zero-order valence-electron chi connectivity index (χ0n) is 12.6. The van der Waals surface area contributed by atoms with Gasteiger partial charge in [-0.3, -0.25) is 10.6 Å². The molecule has 4 nitrogen and oxygen atoms in total. The van der Waals surface area contributed by atoms with Crippen molar-refractivity contribution in [3.63, 3.8) is 0 Å². The van der Waals surface area contributed by atoms with Crippen molar-refractivity contribution in [1.29, 1.82) is 0 Å². The number of nitrogens with two attached hydrogens (primary N) is 1. The van der Waals surface area contributed by atoms with Crippen molar-refractivity contribution in [3.8, 4) is 0 Å². The topological polar surface area (TPSA) is 66.3 Å². The van der Waals surface area contributed by atoms with Crippen LogP contribution in [-0.4, -0.2) is 17.1 Å². The highest BCUT2D eigenvalue weighted by atomic mass is 32.2. The number of nitrogen functional groups attached to an aromatic ring is 1. The molecule has 0 radical (unpaired) electrons. The summed E-state index contributed by atoms with van der Waals surface area (Å²) in [5.41, 5.74) is 7.79. The van der Waals surface area contributed by atoms with E-state index >= 15 is 0 Å². The summed E-state index contributed by atoms with van der Waals surface area (Å²) >= 11 is 1.44. The summed E-state index contributed by atoms with van der Waals surface area (Å²) in [5.74, 6) is -0.0639. The molecule has 0 heterocycles. The average molecular weight is 315 g/mol. The van der Waals surface area contributed by atoms with Gasteiger partial charge in [0.05, 0.1) is 5.56 Å². The third-order valence-corrected chi connectivity index (χ3v) is 4.10. The van der Waals surface area contributed by atoms with Crippen LogP contribution in [0.2, 0.25) is 0 Å². The Labute approximate surface area is 134 Å². The minimum atomic E-state index is -0.371. The van der Waals surface area contributed by atoms with Crippen molar-refractivity contribution in [2.45, 2.75) is 24.0 Å². The van der Waals surface area contributed by atoms with E-state index in [0.29, 0.717) is 5.84 Å². The maximum Gasteiger partial charge on any atom is 0.370 e. The molecule has 114 valence electrons. The van der Waals surface area contributed by atoms with Crippen LogP contribution in [0.1, 0.15) is 18.1 Å². The largest absolute Gasteiger partial charge is 0.370 e. The van der Waals surface area contributed by atoms with Gasteiger partial charge in [0.25, 0.3) is 0 Å². The number of amidine groups is 1. The number of rotatable bonds is 5. The number of thioether (sulfide) groups is 1. The highest BCUT2D eigenvalue weighted by Crippen LogP contribution is 2.23. The van der Waals surface area contributed by atoms with Crippen LogP contribution in [0, 0.1) is 6.92 Å². The molecule has 2 rings (SSSR count). The van der Waals surface area contributed by atoms with Crippen molar-refractivity contribution in [2.75, 3.05) is 0 Å². The summed E-state index contributed by atoms with van der Waals surface area (Å²) in [5, 5.41) is 2.17. The molecule has 0 aliphatic heterocycles. The van der Waals surface area contributed by atoms with Gasteiger partial charge in [-0.15, -0.1) is 11.8 Å². The molecular formula is C17H19N2O2S+. The molecule has 0 fully saturated rings. The second kappa shape index (κ2) is 7.66. The van der Waals surface area contributed by atoms with Gasteiger partial charge in [0.2, 0.25) is 0 Å². The van der Waals surface area contributed by atoms with E-state index in [1.807, 2.05) is 61.5 Å². The number of hydrogen-bond acceptors (Lipinski definition) is 3. The predicted molar refractivity (Wildman–Crippen MR) is 88.3 cm³/mol.